The third-order valence-corrected chi connectivity index (χ3v) is 1.90. The summed E-state index contributed by atoms with van der Waals surface area (Å²) in [6, 6.07) is 0. The van der Waals surface area contributed by atoms with Gasteiger partial charge in [-0.25, -0.2) is 0 Å². The molecule has 0 spiro atoms. The minimum absolute atomic E-state index is 0.135. The maximum absolute atomic E-state index is 5.37. The number of ether oxygens (including phenoxy) is 2. The van der Waals surface area contributed by atoms with Crippen molar-refractivity contribution in [2.75, 3.05) is 13.2 Å². The van der Waals surface area contributed by atoms with Crippen LogP contribution in [0, 0.1) is 0 Å². The largest absolute Gasteiger partial charge is 0.346 e. The van der Waals surface area contributed by atoms with Crippen LogP contribution < -0.4 is 0 Å². The molecule has 0 aromatic heterocycles. The summed E-state index contributed by atoms with van der Waals surface area (Å²) < 4.78 is 10.7. The van der Waals surface area contributed by atoms with Crippen molar-refractivity contribution >= 4 is 0 Å². The van der Waals surface area contributed by atoms with Crippen LogP contribution in [0.5, 0.6) is 0 Å². The van der Waals surface area contributed by atoms with Crippen LogP contribution in [-0.4, -0.2) is 19.5 Å². The second-order valence-electron chi connectivity index (χ2n) is 2.81. The van der Waals surface area contributed by atoms with Gasteiger partial charge in [-0.1, -0.05) is 30.4 Å². The summed E-state index contributed by atoms with van der Waals surface area (Å²) in [6.45, 7) is 1.42. The first kappa shape index (κ1) is 7.77. The molecule has 2 heteroatoms. The maximum Gasteiger partial charge on any atom is 0.184 e. The number of rotatable bonds is 1. The average molecular weight is 164 g/mol. The summed E-state index contributed by atoms with van der Waals surface area (Å²) in [4.78, 5) is 0. The molecule has 0 aromatic rings. The van der Waals surface area contributed by atoms with Crippen molar-refractivity contribution in [3.05, 3.63) is 36.0 Å². The third-order valence-electron chi connectivity index (χ3n) is 1.90. The normalized spacial score (nSPS) is 24.2. The molecule has 0 saturated carbocycles. The van der Waals surface area contributed by atoms with Gasteiger partial charge in [0.1, 0.15) is 0 Å². The SMILES string of the molecule is C1=CCC=CC(C2OCCO2)=C1. The standard InChI is InChI=1S/C10H12O2/c1-2-4-6-9(5-3-1)10-11-7-8-12-10/h1,3-6,10H,2,7-8H2. The third kappa shape index (κ3) is 1.65. The quantitative estimate of drug-likeness (QED) is 0.588. The molecule has 1 saturated heterocycles. The van der Waals surface area contributed by atoms with Crippen molar-refractivity contribution in [2.24, 2.45) is 0 Å². The first-order valence-corrected chi connectivity index (χ1v) is 4.23. The van der Waals surface area contributed by atoms with Gasteiger partial charge in [0, 0.05) is 5.57 Å². The lowest BCUT2D eigenvalue weighted by Gasteiger charge is -2.08. The molecule has 2 aliphatic rings. The second kappa shape index (κ2) is 3.70. The summed E-state index contributed by atoms with van der Waals surface area (Å²) in [6.07, 6.45) is 11.2. The molecule has 1 fully saturated rings. The van der Waals surface area contributed by atoms with Gasteiger partial charge >= 0.3 is 0 Å². The summed E-state index contributed by atoms with van der Waals surface area (Å²) in [5, 5.41) is 0. The molecule has 1 aliphatic heterocycles. The van der Waals surface area contributed by atoms with Crippen LogP contribution in [0.25, 0.3) is 0 Å². The van der Waals surface area contributed by atoms with Crippen LogP contribution in [0.3, 0.4) is 0 Å². The van der Waals surface area contributed by atoms with Gasteiger partial charge in [0.05, 0.1) is 13.2 Å². The Morgan fingerprint density at radius 3 is 2.83 bits per heavy atom. The van der Waals surface area contributed by atoms with Crippen LogP contribution in [0.4, 0.5) is 0 Å². The zero-order valence-electron chi connectivity index (χ0n) is 6.90. The van der Waals surface area contributed by atoms with Crippen molar-refractivity contribution in [3.8, 4) is 0 Å². The van der Waals surface area contributed by atoms with E-state index in [-0.39, 0.29) is 6.29 Å². The molecular weight excluding hydrogens is 152 g/mol. The van der Waals surface area contributed by atoms with Crippen molar-refractivity contribution in [3.63, 3.8) is 0 Å². The molecule has 0 radical (unpaired) electrons. The van der Waals surface area contributed by atoms with E-state index in [9.17, 15) is 0 Å². The lowest BCUT2D eigenvalue weighted by molar-refractivity contribution is -0.00830. The van der Waals surface area contributed by atoms with Gasteiger partial charge in [-0.05, 0) is 6.42 Å². The van der Waals surface area contributed by atoms with E-state index < -0.39 is 0 Å². The van der Waals surface area contributed by atoms with Crippen LogP contribution in [0.2, 0.25) is 0 Å². The Kier molecular flexibility index (Phi) is 2.39. The predicted molar refractivity (Wildman–Crippen MR) is 46.7 cm³/mol. The molecule has 0 amide bonds. The molecule has 64 valence electrons. The highest BCUT2D eigenvalue weighted by molar-refractivity contribution is 5.29. The van der Waals surface area contributed by atoms with E-state index in [1.807, 2.05) is 12.2 Å². The molecule has 0 N–H and O–H groups in total. The van der Waals surface area contributed by atoms with Gasteiger partial charge in [-0.2, -0.15) is 0 Å². The number of allylic oxidation sites excluding steroid dienone is 4. The van der Waals surface area contributed by atoms with Gasteiger partial charge in [0.15, 0.2) is 6.29 Å². The highest BCUT2D eigenvalue weighted by Crippen LogP contribution is 2.17. The van der Waals surface area contributed by atoms with Crippen molar-refractivity contribution in [1.82, 2.24) is 0 Å². The highest BCUT2D eigenvalue weighted by Gasteiger charge is 2.18. The Labute approximate surface area is 72.2 Å². The zero-order chi connectivity index (χ0) is 8.23. The fraction of sp³-hybridized carbons (Fsp3) is 0.400. The molecular formula is C10H12O2. The van der Waals surface area contributed by atoms with E-state index >= 15 is 0 Å². The van der Waals surface area contributed by atoms with E-state index in [2.05, 4.69) is 18.2 Å². The summed E-state index contributed by atoms with van der Waals surface area (Å²) in [5.41, 5.74) is 1.11. The second-order valence-corrected chi connectivity index (χ2v) is 2.81. The number of hydrogen-bond donors (Lipinski definition) is 0. The van der Waals surface area contributed by atoms with E-state index in [4.69, 9.17) is 9.47 Å². The van der Waals surface area contributed by atoms with E-state index in [0.29, 0.717) is 13.2 Å². The zero-order valence-corrected chi connectivity index (χ0v) is 6.90. The summed E-state index contributed by atoms with van der Waals surface area (Å²) in [5.74, 6) is 0. The Balaban J connectivity index is 2.09. The van der Waals surface area contributed by atoms with Gasteiger partial charge in [0.2, 0.25) is 0 Å². The monoisotopic (exact) mass is 164 g/mol. The predicted octanol–water partition coefficient (Wildman–Crippen LogP) is 1.80. The summed E-state index contributed by atoms with van der Waals surface area (Å²) in [7, 11) is 0. The van der Waals surface area contributed by atoms with Crippen LogP contribution >= 0.6 is 0 Å². The number of hydrogen-bond acceptors (Lipinski definition) is 2. The smallest absolute Gasteiger partial charge is 0.184 e. The molecule has 12 heavy (non-hydrogen) atoms. The fourth-order valence-electron chi connectivity index (χ4n) is 1.30. The molecule has 1 aliphatic carbocycles. The Hall–Kier alpha value is -0.860. The average Bonchev–Trinajstić information content (AvgIpc) is 2.48. The van der Waals surface area contributed by atoms with E-state index in [1.165, 1.54) is 0 Å². The molecule has 2 rings (SSSR count). The van der Waals surface area contributed by atoms with Gasteiger partial charge in [-0.3, -0.25) is 0 Å². The van der Waals surface area contributed by atoms with Crippen LogP contribution in [-0.2, 0) is 9.47 Å². The maximum atomic E-state index is 5.37. The van der Waals surface area contributed by atoms with Crippen molar-refractivity contribution in [1.29, 1.82) is 0 Å². The molecule has 2 nitrogen and oxygen atoms in total. The molecule has 0 bridgehead atoms. The highest BCUT2D eigenvalue weighted by atomic mass is 16.7. The van der Waals surface area contributed by atoms with Crippen LogP contribution in [0.15, 0.2) is 36.0 Å². The van der Waals surface area contributed by atoms with Gasteiger partial charge in [0.25, 0.3) is 0 Å². The van der Waals surface area contributed by atoms with Crippen molar-refractivity contribution < 1.29 is 9.47 Å². The Bertz CT molecular complexity index is 232. The minimum Gasteiger partial charge on any atom is -0.346 e. The Morgan fingerprint density at radius 2 is 2.00 bits per heavy atom. The topological polar surface area (TPSA) is 18.5 Å². The Morgan fingerprint density at radius 1 is 1.17 bits per heavy atom. The fourth-order valence-corrected chi connectivity index (χ4v) is 1.30. The lowest BCUT2D eigenvalue weighted by atomic mass is 10.2. The molecule has 0 unspecified atom stereocenters. The summed E-state index contributed by atoms with van der Waals surface area (Å²) >= 11 is 0. The minimum atomic E-state index is -0.135. The lowest BCUT2D eigenvalue weighted by Crippen LogP contribution is -2.09. The molecule has 0 aromatic carbocycles. The first-order chi connectivity index (χ1) is 5.97. The van der Waals surface area contributed by atoms with Gasteiger partial charge in [-0.15, -0.1) is 0 Å². The molecule has 1 heterocycles. The first-order valence-electron chi connectivity index (χ1n) is 4.23. The van der Waals surface area contributed by atoms with E-state index in [1.54, 1.807) is 0 Å². The van der Waals surface area contributed by atoms with Gasteiger partial charge < -0.3 is 9.47 Å². The molecule has 0 atom stereocenters. The van der Waals surface area contributed by atoms with Crippen LogP contribution in [0.1, 0.15) is 6.42 Å². The van der Waals surface area contributed by atoms with E-state index in [0.717, 1.165) is 12.0 Å². The van der Waals surface area contributed by atoms with Crippen molar-refractivity contribution in [2.45, 2.75) is 12.7 Å².